The zero-order valence-corrected chi connectivity index (χ0v) is 12.4. The molecule has 0 aliphatic carbocycles. The second-order valence-electron chi connectivity index (χ2n) is 4.82. The van der Waals surface area contributed by atoms with Crippen molar-refractivity contribution in [3.8, 4) is 5.88 Å². The van der Waals surface area contributed by atoms with Gasteiger partial charge >= 0.3 is 5.69 Å². The van der Waals surface area contributed by atoms with E-state index in [2.05, 4.69) is 22.1 Å². The number of H-pyrrole nitrogens is 1. The quantitative estimate of drug-likeness (QED) is 0.730. The van der Waals surface area contributed by atoms with Gasteiger partial charge in [-0.15, -0.1) is 17.9 Å². The first-order valence-corrected chi connectivity index (χ1v) is 7.52. The summed E-state index contributed by atoms with van der Waals surface area (Å²) >= 11 is 1.59. The molecule has 7 nitrogen and oxygen atoms in total. The van der Waals surface area contributed by atoms with Crippen LogP contribution in [0.15, 0.2) is 44.9 Å². The highest BCUT2D eigenvalue weighted by Crippen LogP contribution is 2.28. The number of nitrogens with zero attached hydrogens (tertiary/aromatic N) is 2. The minimum Gasteiger partial charge on any atom is -0.494 e. The lowest BCUT2D eigenvalue weighted by molar-refractivity contribution is 0.409. The largest absolute Gasteiger partial charge is 0.494 e. The number of aromatic nitrogens is 2. The maximum atomic E-state index is 12.0. The number of nitrogens with one attached hydrogen (secondary N) is 2. The van der Waals surface area contributed by atoms with Crippen LogP contribution in [0.2, 0.25) is 0 Å². The molecular formula is C14H14N4O3S. The van der Waals surface area contributed by atoms with Crippen LogP contribution in [0.3, 0.4) is 0 Å². The number of allylic oxidation sites excluding steroid dienone is 1. The van der Waals surface area contributed by atoms with E-state index >= 15 is 0 Å². The Balaban J connectivity index is 1.99. The minimum atomic E-state index is -0.674. The lowest BCUT2D eigenvalue weighted by atomic mass is 10.1. The van der Waals surface area contributed by atoms with Crippen LogP contribution in [0.4, 0.5) is 0 Å². The highest BCUT2D eigenvalue weighted by molar-refractivity contribution is 7.10. The van der Waals surface area contributed by atoms with Gasteiger partial charge in [-0.25, -0.2) is 4.79 Å². The van der Waals surface area contributed by atoms with Crippen molar-refractivity contribution in [1.82, 2.24) is 15.0 Å². The summed E-state index contributed by atoms with van der Waals surface area (Å²) < 4.78 is 1.05. The van der Waals surface area contributed by atoms with Gasteiger partial charge in [0.25, 0.3) is 5.56 Å². The number of thiophene rings is 1. The molecule has 8 heteroatoms. The highest BCUT2D eigenvalue weighted by Gasteiger charge is 2.27. The maximum Gasteiger partial charge on any atom is 0.331 e. The fourth-order valence-electron chi connectivity index (χ4n) is 2.37. The Morgan fingerprint density at radius 1 is 1.55 bits per heavy atom. The summed E-state index contributed by atoms with van der Waals surface area (Å²) in [6, 6.07) is 3.88. The zero-order chi connectivity index (χ0) is 15.7. The third-order valence-corrected chi connectivity index (χ3v) is 4.40. The normalized spacial score (nSPS) is 17.1. The summed E-state index contributed by atoms with van der Waals surface area (Å²) in [5, 5.41) is 16.4. The summed E-state index contributed by atoms with van der Waals surface area (Å²) in [5.74, 6) is -0.388. The average Bonchev–Trinajstić information content (AvgIpc) is 3.13. The molecule has 3 heterocycles. The Hall–Kier alpha value is -2.61. The van der Waals surface area contributed by atoms with Gasteiger partial charge in [-0.2, -0.15) is 5.10 Å². The first kappa shape index (κ1) is 14.3. The van der Waals surface area contributed by atoms with Crippen LogP contribution in [0.5, 0.6) is 5.88 Å². The van der Waals surface area contributed by atoms with E-state index in [1.54, 1.807) is 11.3 Å². The molecule has 3 rings (SSSR count). The van der Waals surface area contributed by atoms with Crippen molar-refractivity contribution >= 4 is 17.0 Å². The molecule has 0 amide bonds. The Kier molecular flexibility index (Phi) is 3.68. The molecule has 1 aliphatic heterocycles. The molecule has 114 valence electrons. The summed E-state index contributed by atoms with van der Waals surface area (Å²) in [7, 11) is 0. The second kappa shape index (κ2) is 5.64. The van der Waals surface area contributed by atoms with Crippen LogP contribution >= 0.6 is 11.3 Å². The van der Waals surface area contributed by atoms with Crippen molar-refractivity contribution in [1.29, 1.82) is 0 Å². The van der Waals surface area contributed by atoms with Crippen molar-refractivity contribution in [2.75, 3.05) is 0 Å². The topological polar surface area (TPSA) is 99.5 Å². The summed E-state index contributed by atoms with van der Waals surface area (Å²) in [6.07, 6.45) is 1.93. The molecule has 0 fully saturated rings. The number of hydrogen-bond donors (Lipinski definition) is 3. The molecule has 3 N–H and O–H groups in total. The van der Waals surface area contributed by atoms with Gasteiger partial charge in [0.1, 0.15) is 5.56 Å². The van der Waals surface area contributed by atoms with E-state index in [0.717, 1.165) is 9.44 Å². The number of aromatic hydroxyl groups is 1. The van der Waals surface area contributed by atoms with Crippen LogP contribution in [0.25, 0.3) is 0 Å². The van der Waals surface area contributed by atoms with Crippen LogP contribution in [-0.4, -0.2) is 20.4 Å². The van der Waals surface area contributed by atoms with Crippen molar-refractivity contribution in [2.24, 2.45) is 5.10 Å². The molecule has 1 atom stereocenters. The molecule has 0 unspecified atom stereocenters. The Labute approximate surface area is 129 Å². The fraction of sp³-hybridized carbons (Fsp3) is 0.214. The van der Waals surface area contributed by atoms with Crippen LogP contribution in [0, 0.1) is 0 Å². The molecule has 2 aromatic heterocycles. The van der Waals surface area contributed by atoms with E-state index in [4.69, 9.17) is 0 Å². The van der Waals surface area contributed by atoms with Crippen LogP contribution < -0.4 is 16.7 Å². The van der Waals surface area contributed by atoms with Gasteiger partial charge in [0.05, 0.1) is 11.8 Å². The minimum absolute atomic E-state index is 0.0213. The molecular weight excluding hydrogens is 304 g/mol. The van der Waals surface area contributed by atoms with Gasteiger partial charge in [0.2, 0.25) is 5.88 Å². The Bertz CT molecular complexity index is 848. The Morgan fingerprint density at radius 2 is 2.36 bits per heavy atom. The van der Waals surface area contributed by atoms with Crippen molar-refractivity contribution < 1.29 is 5.11 Å². The van der Waals surface area contributed by atoms with Gasteiger partial charge in [0.15, 0.2) is 0 Å². The smallest absolute Gasteiger partial charge is 0.331 e. The zero-order valence-electron chi connectivity index (χ0n) is 11.6. The number of aromatic amines is 1. The molecule has 0 radical (unpaired) electrons. The third-order valence-electron chi connectivity index (χ3n) is 3.41. The van der Waals surface area contributed by atoms with Gasteiger partial charge in [-0.05, 0) is 11.4 Å². The van der Waals surface area contributed by atoms with E-state index < -0.39 is 11.2 Å². The third kappa shape index (κ3) is 2.37. The van der Waals surface area contributed by atoms with E-state index in [-0.39, 0.29) is 24.0 Å². The number of hydrogen-bond acceptors (Lipinski definition) is 6. The molecule has 0 spiro atoms. The lowest BCUT2D eigenvalue weighted by Gasteiger charge is -2.09. The number of rotatable bonds is 4. The second-order valence-corrected chi connectivity index (χ2v) is 5.80. The highest BCUT2D eigenvalue weighted by atomic mass is 32.1. The summed E-state index contributed by atoms with van der Waals surface area (Å²) in [6.45, 7) is 3.63. The van der Waals surface area contributed by atoms with E-state index in [1.807, 2.05) is 17.5 Å². The van der Waals surface area contributed by atoms with Crippen molar-refractivity contribution in [3.63, 3.8) is 0 Å². The van der Waals surface area contributed by atoms with Gasteiger partial charge in [-0.1, -0.05) is 12.1 Å². The monoisotopic (exact) mass is 318 g/mol. The molecule has 1 aliphatic rings. The average molecular weight is 318 g/mol. The van der Waals surface area contributed by atoms with Crippen LogP contribution in [0.1, 0.15) is 22.9 Å². The summed E-state index contributed by atoms with van der Waals surface area (Å²) in [5.41, 5.74) is 2.09. The van der Waals surface area contributed by atoms with Gasteiger partial charge in [0, 0.05) is 17.8 Å². The van der Waals surface area contributed by atoms with Crippen molar-refractivity contribution in [3.05, 3.63) is 61.4 Å². The Morgan fingerprint density at radius 3 is 3.05 bits per heavy atom. The SMILES string of the molecule is C=CCn1c(O)c(C2=NN[C@@H](c3cccs3)C2)c(=O)[nH]c1=O. The molecule has 0 aromatic carbocycles. The maximum absolute atomic E-state index is 12.0. The predicted molar refractivity (Wildman–Crippen MR) is 84.5 cm³/mol. The molecule has 22 heavy (non-hydrogen) atoms. The molecule has 2 aromatic rings. The van der Waals surface area contributed by atoms with E-state index in [1.165, 1.54) is 6.08 Å². The first-order valence-electron chi connectivity index (χ1n) is 6.64. The van der Waals surface area contributed by atoms with E-state index in [9.17, 15) is 14.7 Å². The number of hydrazone groups is 1. The fourth-order valence-corrected chi connectivity index (χ4v) is 3.14. The van der Waals surface area contributed by atoms with Crippen molar-refractivity contribution in [2.45, 2.75) is 19.0 Å². The predicted octanol–water partition coefficient (Wildman–Crippen LogP) is 0.928. The van der Waals surface area contributed by atoms with Gasteiger partial charge in [-0.3, -0.25) is 14.3 Å². The van der Waals surface area contributed by atoms with Crippen LogP contribution in [-0.2, 0) is 6.54 Å². The molecule has 0 saturated carbocycles. The van der Waals surface area contributed by atoms with Gasteiger partial charge < -0.3 is 10.5 Å². The molecule has 0 saturated heterocycles. The van der Waals surface area contributed by atoms with E-state index in [0.29, 0.717) is 12.1 Å². The first-order chi connectivity index (χ1) is 10.6. The lowest BCUT2D eigenvalue weighted by Crippen LogP contribution is -2.33. The summed E-state index contributed by atoms with van der Waals surface area (Å²) in [4.78, 5) is 27.0. The standard InChI is InChI=1S/C14H14N4O3S/c1-2-5-18-13(20)11(12(19)15-14(18)21)9-7-8(16-17-9)10-4-3-6-22-10/h2-4,6,8,16,20H,1,5,7H2,(H,15,19,21)/t8-/m1/s1. The molecule has 0 bridgehead atoms.